The van der Waals surface area contributed by atoms with Crippen molar-refractivity contribution >= 4 is 11.9 Å². The van der Waals surface area contributed by atoms with Gasteiger partial charge in [0.25, 0.3) is 0 Å². The number of aliphatic carboxylic acids is 1. The maximum Gasteiger partial charge on any atom is 0.324 e. The molecule has 0 bridgehead atoms. The van der Waals surface area contributed by atoms with E-state index in [1.54, 1.807) is 0 Å². The second-order valence-corrected chi connectivity index (χ2v) is 4.45. The molecule has 1 aliphatic heterocycles. The van der Waals surface area contributed by atoms with Gasteiger partial charge in [0.15, 0.2) is 0 Å². The second-order valence-electron chi connectivity index (χ2n) is 4.45. The van der Waals surface area contributed by atoms with Gasteiger partial charge in [0.1, 0.15) is 18.2 Å². The van der Waals surface area contributed by atoms with E-state index in [-0.39, 0.29) is 5.92 Å². The number of hydrogen-bond acceptors (Lipinski definition) is 5. The summed E-state index contributed by atoms with van der Waals surface area (Å²) in [5, 5.41) is 11.7. The number of carboxylic acids is 1. The van der Waals surface area contributed by atoms with Gasteiger partial charge in [0.2, 0.25) is 0 Å². The van der Waals surface area contributed by atoms with Crippen molar-refractivity contribution in [3.05, 3.63) is 0 Å². The molecular weight excluding hydrogens is 224 g/mol. The standard InChI is InChI=1S/C11H20N2O4/c1-3-6(2)8(12)11(16)17-7-4-5-13-9(7)10(14)15/h6-9,13H,3-5,12H2,1-2H3,(H,14,15)/t6-,7?,8-,9-/m0/s1. The van der Waals surface area contributed by atoms with E-state index in [0.717, 1.165) is 6.42 Å². The zero-order valence-corrected chi connectivity index (χ0v) is 10.2. The summed E-state index contributed by atoms with van der Waals surface area (Å²) in [6, 6.07) is -1.50. The Morgan fingerprint density at radius 2 is 2.24 bits per heavy atom. The topological polar surface area (TPSA) is 102 Å². The molecule has 4 atom stereocenters. The van der Waals surface area contributed by atoms with Crippen LogP contribution >= 0.6 is 0 Å². The van der Waals surface area contributed by atoms with Gasteiger partial charge in [0, 0.05) is 0 Å². The van der Waals surface area contributed by atoms with Crippen molar-refractivity contribution in [2.75, 3.05) is 6.54 Å². The van der Waals surface area contributed by atoms with Gasteiger partial charge in [-0.25, -0.2) is 0 Å². The summed E-state index contributed by atoms with van der Waals surface area (Å²) in [4.78, 5) is 22.6. The molecule has 1 aliphatic rings. The molecule has 1 fully saturated rings. The van der Waals surface area contributed by atoms with Crippen molar-refractivity contribution in [1.82, 2.24) is 5.32 Å². The van der Waals surface area contributed by atoms with Gasteiger partial charge in [-0.2, -0.15) is 0 Å². The van der Waals surface area contributed by atoms with Crippen LogP contribution in [0.4, 0.5) is 0 Å². The third-order valence-corrected chi connectivity index (χ3v) is 3.23. The number of nitrogens with one attached hydrogen (secondary N) is 1. The number of carbonyl (C=O) groups is 2. The van der Waals surface area contributed by atoms with Crippen LogP contribution in [0.3, 0.4) is 0 Å². The maximum atomic E-state index is 11.7. The van der Waals surface area contributed by atoms with Crippen molar-refractivity contribution in [3.8, 4) is 0 Å². The molecule has 4 N–H and O–H groups in total. The lowest BCUT2D eigenvalue weighted by Gasteiger charge is -2.21. The quantitative estimate of drug-likeness (QED) is 0.575. The molecule has 1 heterocycles. The first-order valence-electron chi connectivity index (χ1n) is 5.89. The number of carbonyl (C=O) groups excluding carboxylic acids is 1. The number of nitrogens with two attached hydrogens (primary N) is 1. The maximum absolute atomic E-state index is 11.7. The van der Waals surface area contributed by atoms with Crippen molar-refractivity contribution in [2.45, 2.75) is 44.9 Å². The van der Waals surface area contributed by atoms with E-state index in [2.05, 4.69) is 5.32 Å². The zero-order valence-electron chi connectivity index (χ0n) is 10.2. The third kappa shape index (κ3) is 3.41. The van der Waals surface area contributed by atoms with E-state index >= 15 is 0 Å². The van der Waals surface area contributed by atoms with E-state index in [9.17, 15) is 9.59 Å². The molecule has 98 valence electrons. The zero-order chi connectivity index (χ0) is 13.0. The van der Waals surface area contributed by atoms with E-state index in [1.165, 1.54) is 0 Å². The molecule has 0 spiro atoms. The Bertz CT molecular complexity index is 295. The van der Waals surface area contributed by atoms with Gasteiger partial charge < -0.3 is 20.9 Å². The smallest absolute Gasteiger partial charge is 0.324 e. The van der Waals surface area contributed by atoms with Crippen molar-refractivity contribution < 1.29 is 19.4 Å². The lowest BCUT2D eigenvalue weighted by atomic mass is 10.0. The fourth-order valence-electron chi connectivity index (χ4n) is 1.77. The number of ether oxygens (including phenoxy) is 1. The molecule has 1 rings (SSSR count). The number of hydrogen-bond donors (Lipinski definition) is 3. The molecule has 6 nitrogen and oxygen atoms in total. The predicted octanol–water partition coefficient (Wildman–Crippen LogP) is -0.282. The summed E-state index contributed by atoms with van der Waals surface area (Å²) in [6.07, 6.45) is 0.674. The third-order valence-electron chi connectivity index (χ3n) is 3.23. The average Bonchev–Trinajstić information content (AvgIpc) is 2.75. The molecule has 0 amide bonds. The van der Waals surface area contributed by atoms with Crippen LogP contribution in [0.25, 0.3) is 0 Å². The van der Waals surface area contributed by atoms with E-state index in [1.807, 2.05) is 13.8 Å². The van der Waals surface area contributed by atoms with Crippen LogP contribution in [0.2, 0.25) is 0 Å². The van der Waals surface area contributed by atoms with Crippen molar-refractivity contribution in [1.29, 1.82) is 0 Å². The van der Waals surface area contributed by atoms with Crippen LogP contribution in [-0.4, -0.2) is 41.8 Å². The number of rotatable bonds is 5. The predicted molar refractivity (Wildman–Crippen MR) is 61.4 cm³/mol. The summed E-state index contributed by atoms with van der Waals surface area (Å²) in [5.74, 6) is -1.49. The minimum Gasteiger partial charge on any atom is -0.480 e. The minimum absolute atomic E-state index is 0.0279. The van der Waals surface area contributed by atoms with Gasteiger partial charge in [-0.3, -0.25) is 9.59 Å². The highest BCUT2D eigenvalue weighted by Gasteiger charge is 2.36. The molecule has 0 radical (unpaired) electrons. The summed E-state index contributed by atoms with van der Waals surface area (Å²) >= 11 is 0. The molecule has 1 saturated heterocycles. The summed E-state index contributed by atoms with van der Waals surface area (Å²) in [6.45, 7) is 4.34. The Hall–Kier alpha value is -1.14. The largest absolute Gasteiger partial charge is 0.480 e. The van der Waals surface area contributed by atoms with Gasteiger partial charge in [-0.05, 0) is 18.9 Å². The van der Waals surface area contributed by atoms with E-state index < -0.39 is 30.1 Å². The van der Waals surface area contributed by atoms with Gasteiger partial charge in [0.05, 0.1) is 0 Å². The lowest BCUT2D eigenvalue weighted by Crippen LogP contribution is -2.45. The fraction of sp³-hybridized carbons (Fsp3) is 0.818. The van der Waals surface area contributed by atoms with Crippen LogP contribution in [0.1, 0.15) is 26.7 Å². The van der Waals surface area contributed by atoms with Crippen LogP contribution in [0.15, 0.2) is 0 Å². The summed E-state index contributed by atoms with van der Waals surface area (Å²) < 4.78 is 5.16. The Balaban J connectivity index is 2.53. The molecule has 0 aromatic heterocycles. The van der Waals surface area contributed by atoms with Gasteiger partial charge >= 0.3 is 11.9 Å². The lowest BCUT2D eigenvalue weighted by molar-refractivity contribution is -0.156. The highest BCUT2D eigenvalue weighted by Crippen LogP contribution is 2.15. The van der Waals surface area contributed by atoms with Crippen molar-refractivity contribution in [2.24, 2.45) is 11.7 Å². The first-order chi connectivity index (χ1) is 7.97. The Morgan fingerprint density at radius 3 is 2.76 bits per heavy atom. The van der Waals surface area contributed by atoms with Gasteiger partial charge in [-0.15, -0.1) is 0 Å². The first-order valence-corrected chi connectivity index (χ1v) is 5.89. The van der Waals surface area contributed by atoms with E-state index in [0.29, 0.717) is 13.0 Å². The summed E-state index contributed by atoms with van der Waals surface area (Å²) in [5.41, 5.74) is 5.73. The normalized spacial score (nSPS) is 27.5. The molecule has 6 heteroatoms. The molecule has 0 aromatic rings. The monoisotopic (exact) mass is 244 g/mol. The number of esters is 1. The molecule has 0 aromatic carbocycles. The Morgan fingerprint density at radius 1 is 1.59 bits per heavy atom. The first kappa shape index (κ1) is 13.9. The summed E-state index contributed by atoms with van der Waals surface area (Å²) in [7, 11) is 0. The molecule has 1 unspecified atom stereocenters. The van der Waals surface area contributed by atoms with Crippen LogP contribution < -0.4 is 11.1 Å². The van der Waals surface area contributed by atoms with Crippen molar-refractivity contribution in [3.63, 3.8) is 0 Å². The Kier molecular flexibility index (Phi) is 4.89. The average molecular weight is 244 g/mol. The van der Waals surface area contributed by atoms with Crippen LogP contribution in [0.5, 0.6) is 0 Å². The van der Waals surface area contributed by atoms with Crippen LogP contribution in [0, 0.1) is 5.92 Å². The second kappa shape index (κ2) is 5.97. The van der Waals surface area contributed by atoms with Crippen LogP contribution in [-0.2, 0) is 14.3 Å². The highest BCUT2D eigenvalue weighted by atomic mass is 16.5. The number of carboxylic acid groups (broad SMARTS) is 1. The molecular formula is C11H20N2O4. The SMILES string of the molecule is CC[C@H](C)[C@H](N)C(=O)OC1CCN[C@@H]1C(=O)O. The molecule has 0 saturated carbocycles. The molecule has 17 heavy (non-hydrogen) atoms. The van der Waals surface area contributed by atoms with Gasteiger partial charge in [-0.1, -0.05) is 20.3 Å². The fourth-order valence-corrected chi connectivity index (χ4v) is 1.77. The minimum atomic E-state index is -1.00. The highest BCUT2D eigenvalue weighted by molar-refractivity contribution is 5.78. The Labute approximate surface area is 101 Å². The molecule has 0 aliphatic carbocycles. The van der Waals surface area contributed by atoms with E-state index in [4.69, 9.17) is 15.6 Å².